The molecule has 4 aromatic carbocycles. The molecule has 2 saturated carbocycles. The molecular weight excluding hydrogens is 815 g/mol. The van der Waals surface area contributed by atoms with E-state index in [-0.39, 0.29) is 7.25 Å². The Labute approximate surface area is 348 Å². The van der Waals surface area contributed by atoms with Crippen LogP contribution >= 0.6 is 17.0 Å². The van der Waals surface area contributed by atoms with Crippen molar-refractivity contribution in [1.82, 2.24) is 0 Å². The fourth-order valence-corrected chi connectivity index (χ4v) is 43.3. The standard InChI is InChI=1S/2C25H29.C2H7Si.2ClH.Zr/c2*1-3-13-25(14-6-15-25)18-20-16-22-7-5-8-23(24(22)17-20)21-11-9-19(4-2)10-12-21;1-3-2;;;/h2*5,7-12,16-17H,3-4,6,13-15,18H2,1-2H3;3H,1-2H3;2*1H;/q;;;;;+2/p-2. The third-order valence-electron chi connectivity index (χ3n) is 15.4. The molecule has 4 aromatic rings. The van der Waals surface area contributed by atoms with Crippen molar-refractivity contribution >= 4 is 35.1 Å². The number of benzene rings is 4. The molecule has 4 heteroatoms. The van der Waals surface area contributed by atoms with E-state index in [2.05, 4.69) is 138 Å². The molecule has 0 N–H and O–H groups in total. The molecule has 0 heterocycles. The quantitative estimate of drug-likeness (QED) is 0.104. The van der Waals surface area contributed by atoms with Crippen molar-refractivity contribution in [2.75, 3.05) is 0 Å². The summed E-state index contributed by atoms with van der Waals surface area (Å²) < 4.78 is 0.252. The van der Waals surface area contributed by atoms with E-state index in [0.717, 1.165) is 25.7 Å². The Bertz CT molecular complexity index is 1980. The van der Waals surface area contributed by atoms with Crippen LogP contribution in [0.15, 0.2) is 96.1 Å². The van der Waals surface area contributed by atoms with Gasteiger partial charge < -0.3 is 0 Å². The van der Waals surface area contributed by atoms with Gasteiger partial charge in [0.25, 0.3) is 0 Å². The molecule has 0 bridgehead atoms. The van der Waals surface area contributed by atoms with Crippen LogP contribution in [-0.2, 0) is 28.4 Å². The summed E-state index contributed by atoms with van der Waals surface area (Å²) in [6.07, 6.45) is 22.8. The van der Waals surface area contributed by atoms with Gasteiger partial charge in [-0.2, -0.15) is 0 Å². The zero-order valence-corrected chi connectivity index (χ0v) is 40.2. The summed E-state index contributed by atoms with van der Waals surface area (Å²) in [6.45, 7) is 14.4. The van der Waals surface area contributed by atoms with E-state index < -0.39 is 21.5 Å². The molecule has 295 valence electrons. The van der Waals surface area contributed by atoms with E-state index in [1.807, 2.05) is 0 Å². The summed E-state index contributed by atoms with van der Waals surface area (Å²) in [4.78, 5) is 0. The SMILES string of the molecule is CCCC1(CC2=Cc3c(-c4ccc(CC)cc4)cccc3[CH]2[Zr]([Cl])([Cl])([CH]2C(CC3(CCC)CCC3)=Cc3c(-c4ccc(CC)cc4)cccc32)[SiH](C)C)CCC1. The molecular formula is C52H65Cl2SiZr. The Hall–Kier alpha value is -1.96. The molecule has 2 atom stereocenters. The average molecular weight is 880 g/mol. The van der Waals surface area contributed by atoms with Crippen LogP contribution in [-0.4, -0.2) is 5.92 Å². The van der Waals surface area contributed by atoms with Crippen molar-refractivity contribution in [3.63, 3.8) is 0 Å². The molecule has 4 aliphatic rings. The number of allylic oxidation sites excluding steroid dienone is 2. The molecule has 2 fully saturated rings. The van der Waals surface area contributed by atoms with Gasteiger partial charge in [0.05, 0.1) is 0 Å². The molecule has 0 saturated heterocycles. The van der Waals surface area contributed by atoms with Gasteiger partial charge in [-0.1, -0.05) is 0 Å². The molecule has 0 spiro atoms. The number of rotatable bonds is 15. The topological polar surface area (TPSA) is 0 Å². The van der Waals surface area contributed by atoms with Gasteiger partial charge in [-0.05, 0) is 0 Å². The monoisotopic (exact) mass is 877 g/mol. The van der Waals surface area contributed by atoms with E-state index >= 15 is 0 Å². The number of hydrogen-bond donors (Lipinski definition) is 0. The Morgan fingerprint density at radius 2 is 0.964 bits per heavy atom. The van der Waals surface area contributed by atoms with Crippen LogP contribution in [0.4, 0.5) is 0 Å². The summed E-state index contributed by atoms with van der Waals surface area (Å²) >= 11 is -5.03. The van der Waals surface area contributed by atoms with Crippen LogP contribution in [0.3, 0.4) is 0 Å². The maximum atomic E-state index is 9.15. The van der Waals surface area contributed by atoms with Crippen molar-refractivity contribution < 1.29 is 15.6 Å². The van der Waals surface area contributed by atoms with Crippen LogP contribution in [0.2, 0.25) is 13.1 Å². The van der Waals surface area contributed by atoms with Crippen LogP contribution in [0.5, 0.6) is 0 Å². The second-order valence-electron chi connectivity index (χ2n) is 19.0. The third kappa shape index (κ3) is 6.91. The van der Waals surface area contributed by atoms with Crippen molar-refractivity contribution in [2.45, 2.75) is 138 Å². The Kier molecular flexibility index (Phi) is 11.6. The van der Waals surface area contributed by atoms with Gasteiger partial charge in [-0.15, -0.1) is 0 Å². The summed E-state index contributed by atoms with van der Waals surface area (Å²) in [5.41, 5.74) is 17.6. The predicted octanol–water partition coefficient (Wildman–Crippen LogP) is 16.4. The van der Waals surface area contributed by atoms with Gasteiger partial charge in [-0.3, -0.25) is 0 Å². The summed E-state index contributed by atoms with van der Waals surface area (Å²) in [5, 5.41) is 0. The van der Waals surface area contributed by atoms with Gasteiger partial charge in [-0.25, -0.2) is 0 Å². The van der Waals surface area contributed by atoms with E-state index in [0.29, 0.717) is 10.8 Å². The number of fused-ring (bicyclic) bond motifs is 2. The average Bonchev–Trinajstić information content (AvgIpc) is 3.75. The molecule has 0 nitrogen and oxygen atoms in total. The van der Waals surface area contributed by atoms with Gasteiger partial charge in [0.1, 0.15) is 0 Å². The third-order valence-corrected chi connectivity index (χ3v) is 67.3. The fraction of sp³-hybridized carbons (Fsp3) is 0.462. The van der Waals surface area contributed by atoms with E-state index in [9.17, 15) is 0 Å². The van der Waals surface area contributed by atoms with Gasteiger partial charge in [0.15, 0.2) is 0 Å². The number of aryl methyl sites for hydroxylation is 2. The summed E-state index contributed by atoms with van der Waals surface area (Å²) in [6, 6.07) is 32.9. The van der Waals surface area contributed by atoms with Gasteiger partial charge in [0.2, 0.25) is 0 Å². The normalized spacial score (nSPS) is 21.3. The minimum absolute atomic E-state index is 0.126. The van der Waals surface area contributed by atoms with Crippen LogP contribution in [0.1, 0.15) is 145 Å². The van der Waals surface area contributed by atoms with Crippen LogP contribution in [0.25, 0.3) is 34.4 Å². The van der Waals surface area contributed by atoms with Crippen LogP contribution in [0, 0.1) is 10.8 Å². The first-order valence-corrected chi connectivity index (χ1v) is 38.7. The first-order valence-electron chi connectivity index (χ1n) is 22.4. The van der Waals surface area contributed by atoms with Crippen molar-refractivity contribution in [1.29, 1.82) is 0 Å². The molecule has 0 radical (unpaired) electrons. The predicted molar refractivity (Wildman–Crippen MR) is 246 cm³/mol. The van der Waals surface area contributed by atoms with Crippen molar-refractivity contribution in [3.8, 4) is 22.3 Å². The molecule has 0 amide bonds. The van der Waals surface area contributed by atoms with Crippen molar-refractivity contribution in [3.05, 3.63) is 129 Å². The summed E-state index contributed by atoms with van der Waals surface area (Å²) in [5.74, 6) is -1.71. The second kappa shape index (κ2) is 15.9. The molecule has 56 heavy (non-hydrogen) atoms. The molecule has 0 aliphatic heterocycles. The maximum absolute atomic E-state index is 9.15. The van der Waals surface area contributed by atoms with Crippen LogP contribution < -0.4 is 0 Å². The Morgan fingerprint density at radius 1 is 0.571 bits per heavy atom. The zero-order valence-electron chi connectivity index (χ0n) is 35.1. The fourth-order valence-electron chi connectivity index (χ4n) is 12.0. The first kappa shape index (κ1) is 40.8. The number of hydrogen-bond acceptors (Lipinski definition) is 0. The Balaban J connectivity index is 1.35. The van der Waals surface area contributed by atoms with E-state index in [1.165, 1.54) is 120 Å². The molecule has 2 unspecified atom stereocenters. The first-order chi connectivity index (χ1) is 27.0. The zero-order chi connectivity index (χ0) is 39.3. The van der Waals surface area contributed by atoms with E-state index in [4.69, 9.17) is 17.0 Å². The van der Waals surface area contributed by atoms with Gasteiger partial charge >= 0.3 is 351 Å². The summed E-state index contributed by atoms with van der Waals surface area (Å²) in [7, 11) is 18.3. The van der Waals surface area contributed by atoms with E-state index in [1.54, 1.807) is 11.1 Å². The van der Waals surface area contributed by atoms with Gasteiger partial charge in [0, 0.05) is 0 Å². The molecule has 4 aliphatic carbocycles. The molecule has 0 aromatic heterocycles. The molecule has 8 rings (SSSR count). The minimum atomic E-state index is -5.03. The Morgan fingerprint density at radius 3 is 1.27 bits per heavy atom. The number of halogens is 2. The second-order valence-corrected chi connectivity index (χ2v) is 61.5. The van der Waals surface area contributed by atoms with Crippen molar-refractivity contribution in [2.24, 2.45) is 10.8 Å².